The molecule has 1 unspecified atom stereocenters. The minimum absolute atomic E-state index is 0.0649. The Morgan fingerprint density at radius 2 is 2.15 bits per heavy atom. The van der Waals surface area contributed by atoms with Gasteiger partial charge in [0.25, 0.3) is 0 Å². The van der Waals surface area contributed by atoms with Gasteiger partial charge >= 0.3 is 0 Å². The average molecular weight is 412 g/mol. The summed E-state index contributed by atoms with van der Waals surface area (Å²) in [6.07, 6.45) is 0.115. The highest BCUT2D eigenvalue weighted by molar-refractivity contribution is 9.10. The number of ether oxygens (including phenoxy) is 1. The lowest BCUT2D eigenvalue weighted by Gasteiger charge is -2.05. The lowest BCUT2D eigenvalue weighted by atomic mass is 10.0. The lowest BCUT2D eigenvalue weighted by molar-refractivity contribution is 0.125. The Morgan fingerprint density at radius 3 is 3.00 bits per heavy atom. The molecule has 0 aliphatic carbocycles. The van der Waals surface area contributed by atoms with Gasteiger partial charge < -0.3 is 19.7 Å². The molecule has 6 nitrogen and oxygen atoms in total. The number of aromatic nitrogens is 1. The van der Waals surface area contributed by atoms with Crippen LogP contribution in [0.1, 0.15) is 11.1 Å². The van der Waals surface area contributed by atoms with Crippen LogP contribution in [0, 0.1) is 0 Å². The predicted molar refractivity (Wildman–Crippen MR) is 103 cm³/mol. The van der Waals surface area contributed by atoms with Crippen LogP contribution in [0.25, 0.3) is 10.9 Å². The number of H-pyrrole nitrogens is 1. The topological polar surface area (TPSA) is 82.5 Å². The monoisotopic (exact) mass is 411 g/mol. The number of fused-ring (bicyclic) bond motifs is 2. The molecule has 0 saturated carbocycles. The minimum Gasteiger partial charge on any atom is -0.494 e. The van der Waals surface area contributed by atoms with Gasteiger partial charge in [-0.05, 0) is 24.3 Å². The number of hydrogen-bond donors (Lipinski definition) is 2. The van der Waals surface area contributed by atoms with Gasteiger partial charge in [-0.2, -0.15) is 0 Å². The first-order chi connectivity index (χ1) is 12.7. The molecule has 1 aromatic heterocycles. The van der Waals surface area contributed by atoms with Crippen LogP contribution in [0.15, 0.2) is 57.1 Å². The molecule has 7 heteroatoms. The Hall–Kier alpha value is -2.64. The maximum atomic E-state index is 10.5. The van der Waals surface area contributed by atoms with Crippen LogP contribution < -0.4 is 0 Å². The molecule has 5 rings (SSSR count). The number of para-hydroxylation sites is 1. The van der Waals surface area contributed by atoms with E-state index in [-0.39, 0.29) is 12.0 Å². The van der Waals surface area contributed by atoms with Crippen molar-refractivity contribution in [2.75, 3.05) is 13.2 Å². The fourth-order valence-electron chi connectivity index (χ4n) is 3.08. The van der Waals surface area contributed by atoms with E-state index in [1.54, 1.807) is 0 Å². The number of benzene rings is 2. The largest absolute Gasteiger partial charge is 0.494 e. The number of oxime groups is 1. The van der Waals surface area contributed by atoms with E-state index in [4.69, 9.17) is 14.6 Å². The zero-order valence-corrected chi connectivity index (χ0v) is 15.2. The molecule has 1 fully saturated rings. The average Bonchev–Trinajstić information content (AvgIpc) is 3.31. The second kappa shape index (κ2) is 5.96. The van der Waals surface area contributed by atoms with Crippen molar-refractivity contribution in [2.45, 2.75) is 6.10 Å². The Bertz CT molecular complexity index is 1080. The molecule has 0 amide bonds. The molecule has 1 atom stereocenters. The number of aliphatic imine (C=N–C) groups is 1. The number of halogens is 1. The van der Waals surface area contributed by atoms with Gasteiger partial charge in [0.05, 0.1) is 17.9 Å². The molecule has 1 saturated heterocycles. The summed E-state index contributed by atoms with van der Waals surface area (Å²) in [6.45, 7) is 1.11. The van der Waals surface area contributed by atoms with Gasteiger partial charge in [0.2, 0.25) is 0 Å². The summed E-state index contributed by atoms with van der Waals surface area (Å²) in [5, 5.41) is 15.7. The summed E-state index contributed by atoms with van der Waals surface area (Å²) in [7, 11) is 0. The summed E-state index contributed by atoms with van der Waals surface area (Å²) in [4.78, 5) is 13.2. The standard InChI is InChI=1S/C19H14BrN3O3/c20-10-5-6-15-13(7-10)17(23-26-9-11-8-25-11)18(21-15)16-12-3-1-2-4-14(12)22-19(16)24/h1-7,11,22,24H,8-9H2/b23-17+. The maximum absolute atomic E-state index is 10.5. The molecular weight excluding hydrogens is 398 g/mol. The van der Waals surface area contributed by atoms with Gasteiger partial charge in [0.15, 0.2) is 5.88 Å². The third kappa shape index (κ3) is 2.60. The highest BCUT2D eigenvalue weighted by Gasteiger charge is 2.30. The molecule has 2 aliphatic rings. The van der Waals surface area contributed by atoms with Crippen molar-refractivity contribution in [3.05, 3.63) is 58.1 Å². The van der Waals surface area contributed by atoms with Crippen molar-refractivity contribution in [3.63, 3.8) is 0 Å². The molecule has 2 N–H and O–H groups in total. The first-order valence-corrected chi connectivity index (χ1v) is 9.00. The minimum atomic E-state index is 0.0649. The van der Waals surface area contributed by atoms with Crippen LogP contribution >= 0.6 is 15.9 Å². The second-order valence-corrected chi connectivity index (χ2v) is 7.12. The zero-order valence-electron chi connectivity index (χ0n) is 13.6. The molecule has 130 valence electrons. The number of epoxide rings is 1. The SMILES string of the molecule is Oc1[nH]c2ccccc2c1C1=Nc2ccc(Br)cc2/C1=N\OCC1CO1. The molecule has 0 bridgehead atoms. The second-order valence-electron chi connectivity index (χ2n) is 6.21. The van der Waals surface area contributed by atoms with Gasteiger partial charge in [-0.15, -0.1) is 0 Å². The molecule has 0 spiro atoms. The Morgan fingerprint density at radius 1 is 1.31 bits per heavy atom. The van der Waals surface area contributed by atoms with Crippen LogP contribution in [0.3, 0.4) is 0 Å². The molecule has 2 aromatic carbocycles. The number of hydrogen-bond acceptors (Lipinski definition) is 5. The van der Waals surface area contributed by atoms with Crippen LogP contribution in [-0.4, -0.2) is 40.8 Å². The van der Waals surface area contributed by atoms with Gasteiger partial charge in [-0.1, -0.05) is 39.3 Å². The third-order valence-electron chi connectivity index (χ3n) is 4.41. The van der Waals surface area contributed by atoms with Gasteiger partial charge in [0, 0.05) is 20.9 Å². The van der Waals surface area contributed by atoms with Gasteiger partial charge in [0.1, 0.15) is 24.1 Å². The first-order valence-electron chi connectivity index (χ1n) is 8.21. The Kier molecular flexibility index (Phi) is 3.58. The number of nitrogens with one attached hydrogen (secondary N) is 1. The fourth-order valence-corrected chi connectivity index (χ4v) is 3.44. The van der Waals surface area contributed by atoms with E-state index in [9.17, 15) is 5.11 Å². The highest BCUT2D eigenvalue weighted by atomic mass is 79.9. The van der Waals surface area contributed by atoms with Crippen LogP contribution in [0.4, 0.5) is 5.69 Å². The molecular formula is C19H14BrN3O3. The van der Waals surface area contributed by atoms with E-state index in [0.29, 0.717) is 30.2 Å². The van der Waals surface area contributed by atoms with E-state index in [0.717, 1.165) is 26.6 Å². The van der Waals surface area contributed by atoms with Gasteiger partial charge in [-0.3, -0.25) is 0 Å². The van der Waals surface area contributed by atoms with E-state index >= 15 is 0 Å². The number of aromatic amines is 1. The van der Waals surface area contributed by atoms with Gasteiger partial charge in [-0.25, -0.2) is 4.99 Å². The summed E-state index contributed by atoms with van der Waals surface area (Å²) < 4.78 is 6.09. The third-order valence-corrected chi connectivity index (χ3v) is 4.91. The Balaban J connectivity index is 1.65. The number of nitrogens with zero attached hydrogens (tertiary/aromatic N) is 2. The molecule has 3 heterocycles. The smallest absolute Gasteiger partial charge is 0.199 e. The highest BCUT2D eigenvalue weighted by Crippen LogP contribution is 2.36. The number of aromatic hydroxyl groups is 1. The van der Waals surface area contributed by atoms with Crippen molar-refractivity contribution in [3.8, 4) is 5.88 Å². The van der Waals surface area contributed by atoms with Crippen molar-refractivity contribution in [1.29, 1.82) is 0 Å². The zero-order chi connectivity index (χ0) is 17.7. The van der Waals surface area contributed by atoms with Crippen LogP contribution in [0.2, 0.25) is 0 Å². The fraction of sp³-hybridized carbons (Fsp3) is 0.158. The summed E-state index contributed by atoms with van der Waals surface area (Å²) in [6, 6.07) is 13.5. The predicted octanol–water partition coefficient (Wildman–Crippen LogP) is 3.89. The van der Waals surface area contributed by atoms with E-state index in [1.807, 2.05) is 42.5 Å². The van der Waals surface area contributed by atoms with Crippen LogP contribution in [-0.2, 0) is 9.57 Å². The van der Waals surface area contributed by atoms with Crippen molar-refractivity contribution >= 4 is 43.9 Å². The molecule has 0 radical (unpaired) electrons. The molecule has 2 aliphatic heterocycles. The van der Waals surface area contributed by atoms with Crippen LogP contribution in [0.5, 0.6) is 5.88 Å². The van der Waals surface area contributed by atoms with Crippen molar-refractivity contribution < 1.29 is 14.7 Å². The first kappa shape index (κ1) is 15.6. The number of rotatable bonds is 4. The molecule has 26 heavy (non-hydrogen) atoms. The Labute approximate surface area is 157 Å². The summed E-state index contributed by atoms with van der Waals surface area (Å²) in [5.41, 5.74) is 4.30. The van der Waals surface area contributed by atoms with E-state index in [2.05, 4.69) is 26.1 Å². The summed E-state index contributed by atoms with van der Waals surface area (Å²) >= 11 is 3.49. The molecule has 3 aromatic rings. The van der Waals surface area contributed by atoms with Crippen molar-refractivity contribution in [1.82, 2.24) is 4.98 Å². The van der Waals surface area contributed by atoms with E-state index < -0.39 is 0 Å². The maximum Gasteiger partial charge on any atom is 0.199 e. The van der Waals surface area contributed by atoms with E-state index in [1.165, 1.54) is 0 Å². The van der Waals surface area contributed by atoms with Crippen molar-refractivity contribution in [2.24, 2.45) is 10.1 Å². The normalized spacial score (nSPS) is 19.7. The lowest BCUT2D eigenvalue weighted by Crippen LogP contribution is -2.14. The quantitative estimate of drug-likeness (QED) is 0.504. The summed E-state index contributed by atoms with van der Waals surface area (Å²) in [5.74, 6) is 0.0649.